The third kappa shape index (κ3) is 2.66. The minimum Gasteiger partial charge on any atom is -0.337 e. The van der Waals surface area contributed by atoms with E-state index in [0.29, 0.717) is 16.4 Å². The fourth-order valence-electron chi connectivity index (χ4n) is 2.22. The van der Waals surface area contributed by atoms with Crippen molar-refractivity contribution >= 4 is 38.9 Å². The van der Waals surface area contributed by atoms with E-state index in [1.54, 1.807) is 22.8 Å². The summed E-state index contributed by atoms with van der Waals surface area (Å²) in [6.07, 6.45) is 3.66. The Morgan fingerprint density at radius 3 is 2.86 bits per heavy atom. The molecule has 0 bridgehead atoms. The Morgan fingerprint density at radius 2 is 2.19 bits per heavy atom. The van der Waals surface area contributed by atoms with Gasteiger partial charge in [0.2, 0.25) is 0 Å². The number of halogens is 1. The van der Waals surface area contributed by atoms with Gasteiger partial charge in [-0.05, 0) is 6.07 Å². The highest BCUT2D eigenvalue weighted by Gasteiger charge is 2.20. The minimum absolute atomic E-state index is 0.0648. The van der Waals surface area contributed by atoms with Crippen molar-refractivity contribution in [1.82, 2.24) is 14.7 Å². The molecule has 21 heavy (non-hydrogen) atoms. The predicted octanol–water partition coefficient (Wildman–Crippen LogP) is 3.56. The Morgan fingerprint density at radius 1 is 1.43 bits per heavy atom. The molecule has 4 nitrogen and oxygen atoms in total. The van der Waals surface area contributed by atoms with Crippen LogP contribution in [-0.4, -0.2) is 27.6 Å². The zero-order valence-electron chi connectivity index (χ0n) is 11.7. The van der Waals surface area contributed by atoms with Crippen LogP contribution >= 0.6 is 22.9 Å². The van der Waals surface area contributed by atoms with Crippen LogP contribution in [0.15, 0.2) is 36.7 Å². The molecule has 3 aromatic rings. The number of carbonyl (C=O) groups is 1. The van der Waals surface area contributed by atoms with E-state index in [-0.39, 0.29) is 5.91 Å². The van der Waals surface area contributed by atoms with E-state index in [0.717, 1.165) is 15.6 Å². The summed E-state index contributed by atoms with van der Waals surface area (Å²) in [4.78, 5) is 14.8. The van der Waals surface area contributed by atoms with Crippen LogP contribution in [0.3, 0.4) is 0 Å². The Labute approximate surface area is 131 Å². The summed E-state index contributed by atoms with van der Waals surface area (Å²) in [5.41, 5.74) is 0.991. The summed E-state index contributed by atoms with van der Waals surface area (Å²) in [6, 6.07) is 7.78. The molecule has 0 saturated heterocycles. The van der Waals surface area contributed by atoms with Crippen molar-refractivity contribution in [2.24, 2.45) is 7.05 Å². The van der Waals surface area contributed by atoms with Gasteiger partial charge in [0.05, 0.1) is 11.2 Å². The Bertz CT molecular complexity index is 808. The first-order valence-electron chi connectivity index (χ1n) is 6.46. The van der Waals surface area contributed by atoms with E-state index in [1.807, 2.05) is 37.5 Å². The lowest BCUT2D eigenvalue weighted by Gasteiger charge is -2.15. The van der Waals surface area contributed by atoms with Crippen LogP contribution in [0.4, 0.5) is 0 Å². The molecule has 0 N–H and O–H groups in total. The normalized spacial score (nSPS) is 11.0. The molecule has 0 saturated carbocycles. The van der Waals surface area contributed by atoms with Gasteiger partial charge in [0, 0.05) is 42.5 Å². The molecule has 3 rings (SSSR count). The second-order valence-electron chi connectivity index (χ2n) is 4.92. The molecule has 2 heterocycles. The number of nitrogens with zero attached hydrogens (tertiary/aromatic N) is 3. The molecule has 1 aromatic carbocycles. The van der Waals surface area contributed by atoms with Crippen molar-refractivity contribution in [2.75, 3.05) is 7.05 Å². The van der Waals surface area contributed by atoms with Gasteiger partial charge >= 0.3 is 0 Å². The summed E-state index contributed by atoms with van der Waals surface area (Å²) in [7, 11) is 3.63. The van der Waals surface area contributed by atoms with Crippen molar-refractivity contribution < 1.29 is 4.79 Å². The summed E-state index contributed by atoms with van der Waals surface area (Å²) in [6.45, 7) is 0.511. The van der Waals surface area contributed by atoms with Crippen molar-refractivity contribution in [3.05, 3.63) is 52.1 Å². The van der Waals surface area contributed by atoms with Crippen LogP contribution in [0, 0.1) is 0 Å². The number of aromatic nitrogens is 2. The smallest absolute Gasteiger partial charge is 0.265 e. The van der Waals surface area contributed by atoms with E-state index in [4.69, 9.17) is 11.6 Å². The molecule has 108 valence electrons. The number of rotatable bonds is 3. The average molecular weight is 320 g/mol. The maximum Gasteiger partial charge on any atom is 0.265 e. The number of hydrogen-bond acceptors (Lipinski definition) is 3. The summed E-state index contributed by atoms with van der Waals surface area (Å²) >= 11 is 7.78. The molecule has 0 unspecified atom stereocenters. The number of amides is 1. The van der Waals surface area contributed by atoms with Gasteiger partial charge in [0.15, 0.2) is 0 Å². The third-order valence-electron chi connectivity index (χ3n) is 3.25. The highest BCUT2D eigenvalue weighted by molar-refractivity contribution is 7.21. The second-order valence-corrected chi connectivity index (χ2v) is 6.35. The van der Waals surface area contributed by atoms with Crippen LogP contribution in [0.1, 0.15) is 15.2 Å². The maximum absolute atomic E-state index is 12.6. The van der Waals surface area contributed by atoms with E-state index in [2.05, 4.69) is 5.10 Å². The van der Waals surface area contributed by atoms with Crippen LogP contribution < -0.4 is 0 Å². The topological polar surface area (TPSA) is 38.1 Å². The van der Waals surface area contributed by atoms with Gasteiger partial charge in [-0.2, -0.15) is 5.10 Å². The lowest BCUT2D eigenvalue weighted by molar-refractivity contribution is 0.0790. The van der Waals surface area contributed by atoms with Gasteiger partial charge in [-0.15, -0.1) is 11.3 Å². The fourth-order valence-corrected chi connectivity index (χ4v) is 3.73. The molecule has 0 aliphatic heterocycles. The standard InChI is InChI=1S/C15H14ClN3OS/c1-18(8-10-7-17-19(2)9-10)15(20)14-13(16)11-5-3-4-6-12(11)21-14/h3-7,9H,8H2,1-2H3. The lowest BCUT2D eigenvalue weighted by atomic mass is 10.2. The monoisotopic (exact) mass is 319 g/mol. The average Bonchev–Trinajstić information content (AvgIpc) is 3.03. The van der Waals surface area contributed by atoms with Crippen molar-refractivity contribution in [2.45, 2.75) is 6.54 Å². The number of aryl methyl sites for hydroxylation is 1. The summed E-state index contributed by atoms with van der Waals surface area (Å²) in [5, 5.41) is 5.58. The molecule has 1 amide bonds. The quantitative estimate of drug-likeness (QED) is 0.740. The lowest BCUT2D eigenvalue weighted by Crippen LogP contribution is -2.25. The number of carbonyl (C=O) groups excluding carboxylic acids is 1. The summed E-state index contributed by atoms with van der Waals surface area (Å²) < 4.78 is 2.75. The second kappa shape index (κ2) is 5.50. The molecular weight excluding hydrogens is 306 g/mol. The largest absolute Gasteiger partial charge is 0.337 e. The molecule has 0 spiro atoms. The van der Waals surface area contributed by atoms with Gasteiger partial charge in [0.1, 0.15) is 4.88 Å². The Hall–Kier alpha value is -1.85. The van der Waals surface area contributed by atoms with Gasteiger partial charge in [0.25, 0.3) is 5.91 Å². The zero-order valence-corrected chi connectivity index (χ0v) is 13.3. The summed E-state index contributed by atoms with van der Waals surface area (Å²) in [5.74, 6) is -0.0648. The van der Waals surface area contributed by atoms with Crippen LogP contribution in [0.5, 0.6) is 0 Å². The highest BCUT2D eigenvalue weighted by atomic mass is 35.5. The minimum atomic E-state index is -0.0648. The van der Waals surface area contributed by atoms with Gasteiger partial charge < -0.3 is 4.90 Å². The molecule has 0 atom stereocenters. The Kier molecular flexibility index (Phi) is 3.69. The predicted molar refractivity (Wildman–Crippen MR) is 85.8 cm³/mol. The van der Waals surface area contributed by atoms with Gasteiger partial charge in [-0.25, -0.2) is 0 Å². The molecular formula is C15H14ClN3OS. The van der Waals surface area contributed by atoms with Crippen molar-refractivity contribution in [1.29, 1.82) is 0 Å². The number of thiophene rings is 1. The SMILES string of the molecule is CN(Cc1cnn(C)c1)C(=O)c1sc2ccccc2c1Cl. The highest BCUT2D eigenvalue weighted by Crippen LogP contribution is 2.35. The first kappa shape index (κ1) is 14.1. The molecule has 0 aliphatic carbocycles. The van der Waals surface area contributed by atoms with E-state index in [9.17, 15) is 4.79 Å². The molecule has 0 fully saturated rings. The van der Waals surface area contributed by atoms with E-state index >= 15 is 0 Å². The number of benzene rings is 1. The van der Waals surface area contributed by atoms with E-state index in [1.165, 1.54) is 11.3 Å². The van der Waals surface area contributed by atoms with Gasteiger partial charge in [-0.3, -0.25) is 9.48 Å². The van der Waals surface area contributed by atoms with E-state index < -0.39 is 0 Å². The molecule has 2 aromatic heterocycles. The Balaban J connectivity index is 1.87. The van der Waals surface area contributed by atoms with Crippen LogP contribution in [0.25, 0.3) is 10.1 Å². The zero-order chi connectivity index (χ0) is 15.0. The molecule has 0 aliphatic rings. The van der Waals surface area contributed by atoms with Gasteiger partial charge in [-0.1, -0.05) is 29.8 Å². The van der Waals surface area contributed by atoms with Crippen molar-refractivity contribution in [3.63, 3.8) is 0 Å². The number of fused-ring (bicyclic) bond motifs is 1. The fraction of sp³-hybridized carbons (Fsp3) is 0.200. The first-order chi connectivity index (χ1) is 10.1. The van der Waals surface area contributed by atoms with Crippen LogP contribution in [0.2, 0.25) is 5.02 Å². The first-order valence-corrected chi connectivity index (χ1v) is 7.65. The number of hydrogen-bond donors (Lipinski definition) is 0. The van der Waals surface area contributed by atoms with Crippen molar-refractivity contribution in [3.8, 4) is 0 Å². The van der Waals surface area contributed by atoms with Crippen LogP contribution in [-0.2, 0) is 13.6 Å². The third-order valence-corrected chi connectivity index (χ3v) is 4.92. The maximum atomic E-state index is 12.6. The molecule has 0 radical (unpaired) electrons. The molecule has 6 heteroatoms.